The molecule has 3 nitrogen and oxygen atoms in total. The third kappa shape index (κ3) is 3.17. The van der Waals surface area contributed by atoms with Gasteiger partial charge in [0.05, 0.1) is 6.10 Å². The third-order valence-corrected chi connectivity index (χ3v) is 2.50. The lowest BCUT2D eigenvalue weighted by molar-refractivity contribution is 0.243. The van der Waals surface area contributed by atoms with Gasteiger partial charge in [-0.25, -0.2) is 8.78 Å². The molecule has 0 bridgehead atoms. The predicted molar refractivity (Wildman–Crippen MR) is 73.1 cm³/mol. The fourth-order valence-electron chi connectivity index (χ4n) is 1.64. The average Bonchev–Trinajstić information content (AvgIpc) is 2.38. The molecule has 2 N–H and O–H groups in total. The van der Waals surface area contributed by atoms with E-state index >= 15 is 0 Å². The molecule has 0 aliphatic heterocycles. The Balaban J connectivity index is 2.32. The molecule has 0 fully saturated rings. The van der Waals surface area contributed by atoms with Crippen molar-refractivity contribution in [2.45, 2.75) is 20.0 Å². The van der Waals surface area contributed by atoms with Crippen LogP contribution in [0.5, 0.6) is 17.2 Å². The first-order valence-electron chi connectivity index (χ1n) is 6.15. The summed E-state index contributed by atoms with van der Waals surface area (Å²) < 4.78 is 37.5. The fraction of sp³-hybridized carbons (Fsp3) is 0.200. The van der Waals surface area contributed by atoms with Crippen LogP contribution in [0.1, 0.15) is 13.8 Å². The van der Waals surface area contributed by atoms with Crippen LogP contribution in [0.2, 0.25) is 0 Å². The van der Waals surface area contributed by atoms with Gasteiger partial charge < -0.3 is 15.2 Å². The van der Waals surface area contributed by atoms with Crippen molar-refractivity contribution in [2.75, 3.05) is 5.73 Å². The smallest absolute Gasteiger partial charge is 0.166 e. The third-order valence-electron chi connectivity index (χ3n) is 2.50. The van der Waals surface area contributed by atoms with E-state index in [4.69, 9.17) is 15.2 Å². The maximum absolute atomic E-state index is 13.5. The van der Waals surface area contributed by atoms with Crippen molar-refractivity contribution in [3.63, 3.8) is 0 Å². The SMILES string of the molecule is CC(C)Oc1cccc(Oc2cc(F)ccc2F)c1N. The minimum absolute atomic E-state index is 0.0570. The zero-order chi connectivity index (χ0) is 14.7. The summed E-state index contributed by atoms with van der Waals surface area (Å²) in [5.41, 5.74) is 6.14. The van der Waals surface area contributed by atoms with E-state index in [-0.39, 0.29) is 23.3 Å². The summed E-state index contributed by atoms with van der Waals surface area (Å²) in [6.07, 6.45) is -0.0570. The maximum atomic E-state index is 13.5. The maximum Gasteiger partial charge on any atom is 0.166 e. The summed E-state index contributed by atoms with van der Waals surface area (Å²) in [5.74, 6) is -0.823. The lowest BCUT2D eigenvalue weighted by Gasteiger charge is -2.15. The van der Waals surface area contributed by atoms with Gasteiger partial charge in [0.25, 0.3) is 0 Å². The van der Waals surface area contributed by atoms with E-state index in [9.17, 15) is 8.78 Å². The van der Waals surface area contributed by atoms with Gasteiger partial charge in [-0.2, -0.15) is 0 Å². The van der Waals surface area contributed by atoms with E-state index in [0.717, 1.165) is 18.2 Å². The average molecular weight is 279 g/mol. The molecule has 0 atom stereocenters. The highest BCUT2D eigenvalue weighted by molar-refractivity contribution is 5.63. The molecule has 106 valence electrons. The van der Waals surface area contributed by atoms with Crippen LogP contribution >= 0.6 is 0 Å². The van der Waals surface area contributed by atoms with Gasteiger partial charge in [-0.3, -0.25) is 0 Å². The van der Waals surface area contributed by atoms with Crippen LogP contribution in [0.4, 0.5) is 14.5 Å². The molecule has 0 spiro atoms. The quantitative estimate of drug-likeness (QED) is 0.856. The Labute approximate surface area is 115 Å². The summed E-state index contributed by atoms with van der Waals surface area (Å²) in [7, 11) is 0. The number of para-hydroxylation sites is 1. The summed E-state index contributed by atoms with van der Waals surface area (Å²) in [6, 6.07) is 7.89. The molecule has 2 aromatic carbocycles. The molecule has 0 saturated carbocycles. The molecule has 5 heteroatoms. The van der Waals surface area contributed by atoms with E-state index < -0.39 is 11.6 Å². The van der Waals surface area contributed by atoms with Gasteiger partial charge in [0.1, 0.15) is 17.3 Å². The zero-order valence-electron chi connectivity index (χ0n) is 11.2. The van der Waals surface area contributed by atoms with Gasteiger partial charge in [0.2, 0.25) is 0 Å². The fourth-order valence-corrected chi connectivity index (χ4v) is 1.64. The first-order valence-corrected chi connectivity index (χ1v) is 6.15. The van der Waals surface area contributed by atoms with Gasteiger partial charge in [-0.05, 0) is 38.1 Å². The first-order chi connectivity index (χ1) is 9.47. The van der Waals surface area contributed by atoms with Crippen LogP contribution in [-0.4, -0.2) is 6.10 Å². The molecular weight excluding hydrogens is 264 g/mol. The van der Waals surface area contributed by atoms with Crippen LogP contribution in [0, 0.1) is 11.6 Å². The Kier molecular flexibility index (Phi) is 4.08. The number of nitrogen functional groups attached to an aromatic ring is 1. The molecule has 20 heavy (non-hydrogen) atoms. The second kappa shape index (κ2) is 5.77. The number of benzene rings is 2. The molecule has 0 radical (unpaired) electrons. The minimum Gasteiger partial charge on any atom is -0.489 e. The molecular formula is C15H15F2NO2. The molecule has 0 unspecified atom stereocenters. The van der Waals surface area contributed by atoms with Crippen LogP contribution in [0.25, 0.3) is 0 Å². The molecule has 2 aromatic rings. The Bertz CT molecular complexity index is 615. The number of nitrogens with two attached hydrogens (primary N) is 1. The standard InChI is InChI=1S/C15H15F2NO2/c1-9(2)19-12-4-3-5-13(15(12)18)20-14-8-10(16)6-7-11(14)17/h3-9H,18H2,1-2H3. The molecule has 0 aliphatic carbocycles. The monoisotopic (exact) mass is 279 g/mol. The topological polar surface area (TPSA) is 44.5 Å². The van der Waals surface area contributed by atoms with Crippen molar-refractivity contribution >= 4 is 5.69 Å². The molecule has 0 aliphatic rings. The van der Waals surface area contributed by atoms with Crippen LogP contribution in [0.15, 0.2) is 36.4 Å². The van der Waals surface area contributed by atoms with E-state index in [1.54, 1.807) is 18.2 Å². The second-order valence-electron chi connectivity index (χ2n) is 4.51. The molecule has 2 rings (SSSR count). The zero-order valence-corrected chi connectivity index (χ0v) is 11.2. The van der Waals surface area contributed by atoms with Gasteiger partial charge in [-0.1, -0.05) is 6.07 Å². The number of anilines is 1. The van der Waals surface area contributed by atoms with Gasteiger partial charge in [0.15, 0.2) is 17.3 Å². The highest BCUT2D eigenvalue weighted by atomic mass is 19.1. The number of hydrogen-bond acceptors (Lipinski definition) is 3. The minimum atomic E-state index is -0.666. The van der Waals surface area contributed by atoms with E-state index in [0.29, 0.717) is 5.75 Å². The highest BCUT2D eigenvalue weighted by Crippen LogP contribution is 2.35. The summed E-state index contributed by atoms with van der Waals surface area (Å²) in [4.78, 5) is 0. The van der Waals surface area contributed by atoms with Crippen molar-refractivity contribution in [1.29, 1.82) is 0 Å². The lowest BCUT2D eigenvalue weighted by Crippen LogP contribution is -2.08. The Morgan fingerprint density at radius 1 is 1.00 bits per heavy atom. The van der Waals surface area contributed by atoms with E-state index in [1.165, 1.54) is 0 Å². The van der Waals surface area contributed by atoms with Crippen LogP contribution in [0.3, 0.4) is 0 Å². The first kappa shape index (κ1) is 14.1. The Morgan fingerprint density at radius 3 is 2.40 bits per heavy atom. The van der Waals surface area contributed by atoms with Crippen molar-refractivity contribution in [3.8, 4) is 17.2 Å². The Hall–Kier alpha value is -2.30. The normalized spacial score (nSPS) is 10.7. The second-order valence-corrected chi connectivity index (χ2v) is 4.51. The van der Waals surface area contributed by atoms with Crippen LogP contribution < -0.4 is 15.2 Å². The van der Waals surface area contributed by atoms with Crippen molar-refractivity contribution in [3.05, 3.63) is 48.0 Å². The number of ether oxygens (including phenoxy) is 2. The summed E-state index contributed by atoms with van der Waals surface area (Å²) in [6.45, 7) is 3.72. The van der Waals surface area contributed by atoms with Crippen LogP contribution in [-0.2, 0) is 0 Å². The molecule has 0 amide bonds. The van der Waals surface area contributed by atoms with Crippen molar-refractivity contribution in [2.24, 2.45) is 0 Å². The number of rotatable bonds is 4. The van der Waals surface area contributed by atoms with Crippen molar-refractivity contribution < 1.29 is 18.3 Å². The number of hydrogen-bond donors (Lipinski definition) is 1. The molecule has 0 heterocycles. The summed E-state index contributed by atoms with van der Waals surface area (Å²) in [5, 5.41) is 0. The van der Waals surface area contributed by atoms with E-state index in [1.807, 2.05) is 13.8 Å². The van der Waals surface area contributed by atoms with Gasteiger partial charge >= 0.3 is 0 Å². The lowest BCUT2D eigenvalue weighted by atomic mass is 10.2. The summed E-state index contributed by atoms with van der Waals surface area (Å²) >= 11 is 0. The van der Waals surface area contributed by atoms with E-state index in [2.05, 4.69) is 0 Å². The van der Waals surface area contributed by atoms with Gasteiger partial charge in [0, 0.05) is 6.07 Å². The highest BCUT2D eigenvalue weighted by Gasteiger charge is 2.12. The largest absolute Gasteiger partial charge is 0.489 e. The predicted octanol–water partition coefficient (Wildman–Crippen LogP) is 4.13. The molecule has 0 saturated heterocycles. The molecule has 0 aromatic heterocycles. The van der Waals surface area contributed by atoms with Gasteiger partial charge in [-0.15, -0.1) is 0 Å². The Morgan fingerprint density at radius 2 is 1.70 bits per heavy atom. The van der Waals surface area contributed by atoms with Crippen molar-refractivity contribution in [1.82, 2.24) is 0 Å². The number of halogens is 2.